The van der Waals surface area contributed by atoms with Crippen molar-refractivity contribution in [3.05, 3.63) is 53.6 Å². The lowest BCUT2D eigenvalue weighted by molar-refractivity contribution is 0.102. The third kappa shape index (κ3) is 4.17. The first kappa shape index (κ1) is 18.3. The van der Waals surface area contributed by atoms with E-state index in [2.05, 4.69) is 35.0 Å². The van der Waals surface area contributed by atoms with Gasteiger partial charge in [-0.25, -0.2) is 0 Å². The van der Waals surface area contributed by atoms with Gasteiger partial charge in [-0.1, -0.05) is 26.0 Å². The highest BCUT2D eigenvalue weighted by molar-refractivity contribution is 6.05. The van der Waals surface area contributed by atoms with Crippen molar-refractivity contribution < 1.29 is 9.53 Å². The monoisotopic (exact) mass is 353 g/mol. The highest BCUT2D eigenvalue weighted by Crippen LogP contribution is 2.31. The first-order chi connectivity index (χ1) is 12.6. The van der Waals surface area contributed by atoms with Crippen molar-refractivity contribution in [2.45, 2.75) is 20.4 Å². The van der Waals surface area contributed by atoms with Crippen LogP contribution in [0.1, 0.15) is 29.8 Å². The number of hydrogen-bond acceptors (Lipinski definition) is 4. The smallest absolute Gasteiger partial charge is 0.255 e. The van der Waals surface area contributed by atoms with Crippen LogP contribution < -0.4 is 15.0 Å². The molecule has 1 N–H and O–H groups in total. The number of anilines is 2. The van der Waals surface area contributed by atoms with E-state index in [9.17, 15) is 4.79 Å². The fraction of sp³-hybridized carbons (Fsp3) is 0.381. The molecule has 0 saturated carbocycles. The van der Waals surface area contributed by atoms with Crippen molar-refractivity contribution in [1.82, 2.24) is 4.90 Å². The number of carbonyl (C=O) groups is 1. The lowest BCUT2D eigenvalue weighted by atomic mass is 10.1. The zero-order valence-electron chi connectivity index (χ0n) is 15.8. The molecule has 138 valence electrons. The second kappa shape index (κ2) is 8.23. The standard InChI is InChI=1S/C21H27N3O2/c1-4-24(5-2)15-16-7-6-8-18(13-16)22-21(25)17-9-10-20-19(14-17)23(3)11-12-26-20/h6-10,13-14H,4-5,11-12,15H2,1-3H3,(H,22,25). The third-order valence-electron chi connectivity index (χ3n) is 4.80. The fourth-order valence-corrected chi connectivity index (χ4v) is 3.15. The van der Waals surface area contributed by atoms with Gasteiger partial charge < -0.3 is 15.0 Å². The lowest BCUT2D eigenvalue weighted by Crippen LogP contribution is -2.29. The van der Waals surface area contributed by atoms with Crippen molar-refractivity contribution in [3.8, 4) is 5.75 Å². The minimum Gasteiger partial charge on any atom is -0.490 e. The van der Waals surface area contributed by atoms with Crippen molar-refractivity contribution in [2.24, 2.45) is 0 Å². The number of nitrogens with zero attached hydrogens (tertiary/aromatic N) is 2. The van der Waals surface area contributed by atoms with Crippen molar-refractivity contribution in [2.75, 3.05) is 43.5 Å². The number of nitrogens with one attached hydrogen (secondary N) is 1. The molecule has 26 heavy (non-hydrogen) atoms. The van der Waals surface area contributed by atoms with E-state index in [1.165, 1.54) is 5.56 Å². The number of hydrogen-bond donors (Lipinski definition) is 1. The summed E-state index contributed by atoms with van der Waals surface area (Å²) in [5, 5.41) is 3.01. The molecule has 2 aromatic carbocycles. The molecule has 0 spiro atoms. The minimum absolute atomic E-state index is 0.105. The van der Waals surface area contributed by atoms with E-state index >= 15 is 0 Å². The SMILES string of the molecule is CCN(CC)Cc1cccc(NC(=O)c2ccc3c(c2)N(C)CCO3)c1. The second-order valence-corrected chi connectivity index (χ2v) is 6.57. The molecule has 0 aromatic heterocycles. The Bertz CT molecular complexity index is 772. The molecule has 0 fully saturated rings. The van der Waals surface area contributed by atoms with Gasteiger partial charge in [0.2, 0.25) is 0 Å². The van der Waals surface area contributed by atoms with Crippen LogP contribution in [0.2, 0.25) is 0 Å². The molecule has 2 aromatic rings. The molecule has 5 nitrogen and oxygen atoms in total. The summed E-state index contributed by atoms with van der Waals surface area (Å²) in [6.45, 7) is 8.73. The van der Waals surface area contributed by atoms with Gasteiger partial charge in [-0.3, -0.25) is 9.69 Å². The largest absolute Gasteiger partial charge is 0.490 e. The average Bonchev–Trinajstić information content (AvgIpc) is 2.66. The Balaban J connectivity index is 1.73. The Hall–Kier alpha value is -2.53. The molecule has 0 bridgehead atoms. The van der Waals surface area contributed by atoms with Gasteiger partial charge in [-0.05, 0) is 49.0 Å². The molecule has 1 aliphatic rings. The summed E-state index contributed by atoms with van der Waals surface area (Å²) in [4.78, 5) is 17.1. The summed E-state index contributed by atoms with van der Waals surface area (Å²) in [6, 6.07) is 13.6. The Labute approximate surface area is 155 Å². The first-order valence-corrected chi connectivity index (χ1v) is 9.21. The minimum atomic E-state index is -0.105. The summed E-state index contributed by atoms with van der Waals surface area (Å²) >= 11 is 0. The maximum absolute atomic E-state index is 12.7. The molecular formula is C21H27N3O2. The fourth-order valence-electron chi connectivity index (χ4n) is 3.15. The van der Waals surface area contributed by atoms with E-state index in [4.69, 9.17) is 4.74 Å². The van der Waals surface area contributed by atoms with Gasteiger partial charge in [0, 0.05) is 24.8 Å². The predicted molar refractivity (Wildman–Crippen MR) is 106 cm³/mol. The Morgan fingerprint density at radius 3 is 2.77 bits per heavy atom. The molecule has 0 saturated heterocycles. The second-order valence-electron chi connectivity index (χ2n) is 6.57. The molecular weight excluding hydrogens is 326 g/mol. The molecule has 0 unspecified atom stereocenters. The van der Waals surface area contributed by atoms with E-state index in [0.29, 0.717) is 12.2 Å². The maximum atomic E-state index is 12.7. The highest BCUT2D eigenvalue weighted by atomic mass is 16.5. The van der Waals surface area contributed by atoms with Crippen LogP contribution >= 0.6 is 0 Å². The Kier molecular flexibility index (Phi) is 5.78. The topological polar surface area (TPSA) is 44.8 Å². The zero-order valence-corrected chi connectivity index (χ0v) is 15.8. The van der Waals surface area contributed by atoms with Crippen LogP contribution in [0.3, 0.4) is 0 Å². The molecule has 0 aliphatic carbocycles. The van der Waals surface area contributed by atoms with Crippen LogP contribution in [0.25, 0.3) is 0 Å². The van der Waals surface area contributed by atoms with E-state index in [1.54, 1.807) is 0 Å². The number of likely N-dealkylation sites (N-methyl/N-ethyl adjacent to an activating group) is 1. The van der Waals surface area contributed by atoms with E-state index in [-0.39, 0.29) is 5.91 Å². The van der Waals surface area contributed by atoms with Gasteiger partial charge in [0.05, 0.1) is 12.2 Å². The van der Waals surface area contributed by atoms with Crippen LogP contribution in [0.4, 0.5) is 11.4 Å². The summed E-state index contributed by atoms with van der Waals surface area (Å²) in [5.41, 5.74) is 3.61. The molecule has 5 heteroatoms. The highest BCUT2D eigenvalue weighted by Gasteiger charge is 2.17. The molecule has 1 amide bonds. The predicted octanol–water partition coefficient (Wildman–Crippen LogP) is 3.61. The Morgan fingerprint density at radius 2 is 2.00 bits per heavy atom. The molecule has 0 radical (unpaired) electrons. The number of benzene rings is 2. The Morgan fingerprint density at radius 1 is 1.19 bits per heavy atom. The van der Waals surface area contributed by atoms with Crippen molar-refractivity contribution in [3.63, 3.8) is 0 Å². The van der Waals surface area contributed by atoms with Crippen LogP contribution in [0, 0.1) is 0 Å². The van der Waals surface area contributed by atoms with Gasteiger partial charge in [-0.15, -0.1) is 0 Å². The quantitative estimate of drug-likeness (QED) is 0.862. The summed E-state index contributed by atoms with van der Waals surface area (Å²) in [7, 11) is 2.01. The third-order valence-corrected chi connectivity index (χ3v) is 4.80. The number of amides is 1. The molecule has 1 heterocycles. The lowest BCUT2D eigenvalue weighted by Gasteiger charge is -2.27. The van der Waals surface area contributed by atoms with Crippen molar-refractivity contribution in [1.29, 1.82) is 0 Å². The number of carbonyl (C=O) groups excluding carboxylic acids is 1. The van der Waals surface area contributed by atoms with Crippen LogP contribution in [0.15, 0.2) is 42.5 Å². The normalized spacial score (nSPS) is 13.3. The number of fused-ring (bicyclic) bond motifs is 1. The van der Waals surface area contributed by atoms with Crippen molar-refractivity contribution >= 4 is 17.3 Å². The van der Waals surface area contributed by atoms with Gasteiger partial charge >= 0.3 is 0 Å². The van der Waals surface area contributed by atoms with Gasteiger partial charge in [0.25, 0.3) is 5.91 Å². The molecule has 3 rings (SSSR count). The average molecular weight is 353 g/mol. The van der Waals surface area contributed by atoms with Crippen LogP contribution in [0.5, 0.6) is 5.75 Å². The van der Waals surface area contributed by atoms with E-state index in [1.807, 2.05) is 43.4 Å². The number of ether oxygens (including phenoxy) is 1. The summed E-state index contributed by atoms with van der Waals surface area (Å²) < 4.78 is 5.64. The van der Waals surface area contributed by atoms with E-state index in [0.717, 1.165) is 43.3 Å². The maximum Gasteiger partial charge on any atom is 0.255 e. The molecule has 1 aliphatic heterocycles. The summed E-state index contributed by atoms with van der Waals surface area (Å²) in [6.07, 6.45) is 0. The molecule has 0 atom stereocenters. The van der Waals surface area contributed by atoms with Gasteiger partial charge in [0.1, 0.15) is 12.4 Å². The van der Waals surface area contributed by atoms with Gasteiger partial charge in [0.15, 0.2) is 0 Å². The number of rotatable bonds is 6. The van der Waals surface area contributed by atoms with Crippen LogP contribution in [-0.2, 0) is 6.54 Å². The van der Waals surface area contributed by atoms with E-state index < -0.39 is 0 Å². The van der Waals surface area contributed by atoms with Crippen LogP contribution in [-0.4, -0.2) is 44.1 Å². The van der Waals surface area contributed by atoms with Gasteiger partial charge in [-0.2, -0.15) is 0 Å². The summed E-state index contributed by atoms with van der Waals surface area (Å²) in [5.74, 6) is 0.725. The first-order valence-electron chi connectivity index (χ1n) is 9.21. The zero-order chi connectivity index (χ0) is 18.5.